The largest absolute Gasteiger partial charge is 0.337 e. The average Bonchev–Trinajstić information content (AvgIpc) is 2.51. The van der Waals surface area contributed by atoms with Gasteiger partial charge in [-0.2, -0.15) is 5.10 Å². The zero-order valence-electron chi connectivity index (χ0n) is 11.5. The third kappa shape index (κ3) is 2.09. The van der Waals surface area contributed by atoms with Gasteiger partial charge in [0.15, 0.2) is 5.69 Å². The smallest absolute Gasteiger partial charge is 0.278 e. The standard InChI is InChI=1S/C15H17N3O2/c1-17-12-8-4-3-7-11(12)14(19)13(16-17)15(20)18-9-5-2-6-10-18/h3-4,7-8H,2,5-6,9-10H2,1H3. The molecule has 20 heavy (non-hydrogen) atoms. The second-order valence-corrected chi connectivity index (χ2v) is 5.17. The van der Waals surface area contributed by atoms with E-state index in [4.69, 9.17) is 0 Å². The summed E-state index contributed by atoms with van der Waals surface area (Å²) in [5.74, 6) is -0.240. The highest BCUT2D eigenvalue weighted by atomic mass is 16.2. The number of hydrogen-bond acceptors (Lipinski definition) is 3. The molecule has 1 aromatic carbocycles. The van der Waals surface area contributed by atoms with E-state index in [1.165, 1.54) is 0 Å². The number of carbonyl (C=O) groups excluding carboxylic acids is 1. The van der Waals surface area contributed by atoms with Crippen LogP contribution < -0.4 is 5.43 Å². The van der Waals surface area contributed by atoms with Crippen molar-refractivity contribution in [2.24, 2.45) is 7.05 Å². The highest BCUT2D eigenvalue weighted by Crippen LogP contribution is 2.13. The van der Waals surface area contributed by atoms with Gasteiger partial charge in [0.1, 0.15) is 0 Å². The number of piperidine rings is 1. The van der Waals surface area contributed by atoms with Gasteiger partial charge in [-0.3, -0.25) is 14.3 Å². The molecule has 5 nitrogen and oxygen atoms in total. The molecule has 1 aliphatic heterocycles. The third-order valence-electron chi connectivity index (χ3n) is 3.81. The van der Waals surface area contributed by atoms with E-state index in [-0.39, 0.29) is 17.0 Å². The lowest BCUT2D eigenvalue weighted by molar-refractivity contribution is 0.0715. The van der Waals surface area contributed by atoms with Crippen molar-refractivity contribution in [1.82, 2.24) is 14.7 Å². The molecule has 0 N–H and O–H groups in total. The Morgan fingerprint density at radius 1 is 1.15 bits per heavy atom. The molecular weight excluding hydrogens is 254 g/mol. The van der Waals surface area contributed by atoms with Gasteiger partial charge in [-0.05, 0) is 31.4 Å². The lowest BCUT2D eigenvalue weighted by atomic mass is 10.1. The monoisotopic (exact) mass is 271 g/mol. The molecule has 1 saturated heterocycles. The third-order valence-corrected chi connectivity index (χ3v) is 3.81. The normalized spacial score (nSPS) is 15.6. The van der Waals surface area contributed by atoms with Crippen molar-refractivity contribution in [1.29, 1.82) is 0 Å². The highest BCUT2D eigenvalue weighted by Gasteiger charge is 2.23. The SMILES string of the molecule is Cn1nc(C(=O)N2CCCCC2)c(=O)c2ccccc21. The van der Waals surface area contributed by atoms with Gasteiger partial charge in [0, 0.05) is 25.5 Å². The van der Waals surface area contributed by atoms with E-state index in [0.717, 1.165) is 37.9 Å². The molecule has 2 aromatic rings. The first-order valence-corrected chi connectivity index (χ1v) is 6.94. The van der Waals surface area contributed by atoms with Crippen molar-refractivity contribution in [3.8, 4) is 0 Å². The molecule has 5 heteroatoms. The van der Waals surface area contributed by atoms with Crippen molar-refractivity contribution in [2.45, 2.75) is 19.3 Å². The molecule has 1 amide bonds. The van der Waals surface area contributed by atoms with Gasteiger partial charge in [0.05, 0.1) is 5.52 Å². The number of fused-ring (bicyclic) bond motifs is 1. The fraction of sp³-hybridized carbons (Fsp3) is 0.400. The molecule has 1 aromatic heterocycles. The highest BCUT2D eigenvalue weighted by molar-refractivity contribution is 5.95. The van der Waals surface area contributed by atoms with E-state index in [1.807, 2.05) is 12.1 Å². The zero-order chi connectivity index (χ0) is 14.1. The summed E-state index contributed by atoms with van der Waals surface area (Å²) in [6.07, 6.45) is 3.15. The molecule has 3 rings (SSSR count). The van der Waals surface area contributed by atoms with Gasteiger partial charge in [0.2, 0.25) is 5.43 Å². The van der Waals surface area contributed by atoms with Gasteiger partial charge in [0.25, 0.3) is 5.91 Å². The van der Waals surface area contributed by atoms with Crippen molar-refractivity contribution >= 4 is 16.8 Å². The van der Waals surface area contributed by atoms with Gasteiger partial charge in [-0.15, -0.1) is 0 Å². The molecule has 0 unspecified atom stereocenters. The Balaban J connectivity index is 2.10. The Labute approximate surface area is 116 Å². The Morgan fingerprint density at radius 3 is 2.60 bits per heavy atom. The molecule has 104 valence electrons. The van der Waals surface area contributed by atoms with Crippen LogP contribution in [0.2, 0.25) is 0 Å². The summed E-state index contributed by atoms with van der Waals surface area (Å²) in [6.45, 7) is 1.44. The first-order valence-electron chi connectivity index (χ1n) is 6.94. The van der Waals surface area contributed by atoms with Crippen LogP contribution in [0.15, 0.2) is 29.1 Å². The molecule has 0 aliphatic carbocycles. The fourth-order valence-electron chi connectivity index (χ4n) is 2.71. The Bertz CT molecular complexity index is 715. The number of likely N-dealkylation sites (tertiary alicyclic amines) is 1. The molecule has 1 aliphatic rings. The van der Waals surface area contributed by atoms with E-state index in [2.05, 4.69) is 5.10 Å². The number of aryl methyl sites for hydroxylation is 1. The van der Waals surface area contributed by atoms with Crippen LogP contribution in [0.1, 0.15) is 29.8 Å². The number of nitrogens with zero attached hydrogens (tertiary/aromatic N) is 3. The van der Waals surface area contributed by atoms with Crippen LogP contribution in [0.3, 0.4) is 0 Å². The maximum atomic E-state index is 12.5. The van der Waals surface area contributed by atoms with Crippen molar-refractivity contribution in [3.05, 3.63) is 40.2 Å². The maximum absolute atomic E-state index is 12.5. The number of benzene rings is 1. The maximum Gasteiger partial charge on any atom is 0.278 e. The number of para-hydroxylation sites is 1. The summed E-state index contributed by atoms with van der Waals surface area (Å²) in [4.78, 5) is 26.6. The van der Waals surface area contributed by atoms with Gasteiger partial charge >= 0.3 is 0 Å². The van der Waals surface area contributed by atoms with Crippen LogP contribution in [0, 0.1) is 0 Å². The summed E-state index contributed by atoms with van der Waals surface area (Å²) in [7, 11) is 1.76. The Hall–Kier alpha value is -2.17. The Morgan fingerprint density at radius 2 is 1.85 bits per heavy atom. The lowest BCUT2D eigenvalue weighted by Gasteiger charge is -2.26. The zero-order valence-corrected chi connectivity index (χ0v) is 11.5. The van der Waals surface area contributed by atoms with Crippen LogP contribution in [0.4, 0.5) is 0 Å². The Kier molecular flexibility index (Phi) is 3.26. The number of aromatic nitrogens is 2. The minimum Gasteiger partial charge on any atom is -0.337 e. The van der Waals surface area contributed by atoms with E-state index in [0.29, 0.717) is 5.39 Å². The fourth-order valence-corrected chi connectivity index (χ4v) is 2.71. The van der Waals surface area contributed by atoms with Crippen LogP contribution >= 0.6 is 0 Å². The average molecular weight is 271 g/mol. The molecule has 0 saturated carbocycles. The number of amides is 1. The molecule has 0 atom stereocenters. The van der Waals surface area contributed by atoms with Crippen molar-refractivity contribution in [3.63, 3.8) is 0 Å². The van der Waals surface area contributed by atoms with Gasteiger partial charge < -0.3 is 4.90 Å². The van der Waals surface area contributed by atoms with Crippen LogP contribution in [-0.2, 0) is 7.05 Å². The summed E-state index contributed by atoms with van der Waals surface area (Å²) >= 11 is 0. The van der Waals surface area contributed by atoms with Gasteiger partial charge in [-0.1, -0.05) is 12.1 Å². The topological polar surface area (TPSA) is 55.2 Å². The second kappa shape index (κ2) is 5.07. The number of carbonyl (C=O) groups is 1. The molecule has 0 spiro atoms. The minimum absolute atomic E-state index is 0.0353. The predicted octanol–water partition coefficient (Wildman–Crippen LogP) is 1.56. The second-order valence-electron chi connectivity index (χ2n) is 5.17. The predicted molar refractivity (Wildman–Crippen MR) is 76.7 cm³/mol. The summed E-state index contributed by atoms with van der Waals surface area (Å²) in [5.41, 5.74) is 0.509. The quantitative estimate of drug-likeness (QED) is 0.791. The first-order chi connectivity index (χ1) is 9.68. The van der Waals surface area contributed by atoms with Crippen LogP contribution in [0.25, 0.3) is 10.9 Å². The number of hydrogen-bond donors (Lipinski definition) is 0. The molecule has 2 heterocycles. The summed E-state index contributed by atoms with van der Waals surface area (Å²) in [5, 5.41) is 4.74. The van der Waals surface area contributed by atoms with E-state index in [9.17, 15) is 9.59 Å². The van der Waals surface area contributed by atoms with E-state index in [1.54, 1.807) is 28.8 Å². The first kappa shape index (κ1) is 12.8. The molecule has 0 radical (unpaired) electrons. The minimum atomic E-state index is -0.269. The lowest BCUT2D eigenvalue weighted by Crippen LogP contribution is -2.39. The van der Waals surface area contributed by atoms with E-state index >= 15 is 0 Å². The van der Waals surface area contributed by atoms with Crippen LogP contribution in [-0.4, -0.2) is 33.7 Å². The van der Waals surface area contributed by atoms with Crippen molar-refractivity contribution in [2.75, 3.05) is 13.1 Å². The van der Waals surface area contributed by atoms with E-state index < -0.39 is 0 Å². The summed E-state index contributed by atoms with van der Waals surface area (Å²) in [6, 6.07) is 7.24. The molecule has 1 fully saturated rings. The summed E-state index contributed by atoms with van der Waals surface area (Å²) < 4.78 is 1.61. The van der Waals surface area contributed by atoms with Crippen molar-refractivity contribution < 1.29 is 4.79 Å². The molecule has 0 bridgehead atoms. The number of rotatable bonds is 1. The molecular formula is C15H17N3O2. The van der Waals surface area contributed by atoms with Gasteiger partial charge in [-0.25, -0.2) is 0 Å². The van der Waals surface area contributed by atoms with Crippen LogP contribution in [0.5, 0.6) is 0 Å².